The highest BCUT2D eigenvalue weighted by molar-refractivity contribution is 7.18. The summed E-state index contributed by atoms with van der Waals surface area (Å²) in [6.45, 7) is 2.39. The number of benzene rings is 1. The van der Waals surface area contributed by atoms with Crippen LogP contribution >= 0.6 is 11.3 Å². The molecule has 2 aromatic rings. The fourth-order valence-corrected chi connectivity index (χ4v) is 2.32. The summed E-state index contributed by atoms with van der Waals surface area (Å²) in [4.78, 5) is 3.61. The van der Waals surface area contributed by atoms with Gasteiger partial charge >= 0.3 is 6.18 Å². The number of hydrogen-bond acceptors (Lipinski definition) is 3. The number of rotatable bonds is 2. The van der Waals surface area contributed by atoms with Crippen LogP contribution in [-0.4, -0.2) is 11.5 Å². The Labute approximate surface area is 100 Å². The second kappa shape index (κ2) is 4.27. The van der Waals surface area contributed by atoms with E-state index in [4.69, 9.17) is 5.73 Å². The molecule has 0 aliphatic rings. The van der Waals surface area contributed by atoms with Crippen molar-refractivity contribution in [3.63, 3.8) is 0 Å². The maximum absolute atomic E-state index is 12.5. The summed E-state index contributed by atoms with van der Waals surface area (Å²) in [6, 6.07) is 5.15. The molecule has 1 atom stereocenters. The first kappa shape index (κ1) is 12.3. The van der Waals surface area contributed by atoms with E-state index in [1.54, 1.807) is 18.2 Å². The first-order valence-corrected chi connectivity index (χ1v) is 5.91. The molecule has 0 amide bonds. The van der Waals surface area contributed by atoms with Gasteiger partial charge in [0.2, 0.25) is 0 Å². The average molecular weight is 260 g/mol. The Balaban J connectivity index is 2.48. The summed E-state index contributed by atoms with van der Waals surface area (Å²) in [5.74, 6) is 0.121. The second-order valence-corrected chi connectivity index (χ2v) is 4.91. The van der Waals surface area contributed by atoms with E-state index in [1.807, 2.05) is 6.92 Å². The second-order valence-electron chi connectivity index (χ2n) is 3.88. The SMILES string of the molecule is CC(CN)c1ccc2sc(C(F)(F)F)nc2c1. The highest BCUT2D eigenvalue weighted by atomic mass is 32.1. The van der Waals surface area contributed by atoms with Gasteiger partial charge in [-0.2, -0.15) is 13.2 Å². The molecule has 0 bridgehead atoms. The molecule has 17 heavy (non-hydrogen) atoms. The number of alkyl halides is 3. The molecule has 92 valence electrons. The molecule has 0 aliphatic heterocycles. The van der Waals surface area contributed by atoms with Gasteiger partial charge in [-0.25, -0.2) is 4.98 Å². The van der Waals surface area contributed by atoms with Gasteiger partial charge in [0, 0.05) is 0 Å². The predicted octanol–water partition coefficient (Wildman–Crippen LogP) is 3.38. The maximum Gasteiger partial charge on any atom is 0.443 e. The molecule has 0 fully saturated rings. The zero-order chi connectivity index (χ0) is 12.6. The molecule has 1 aromatic heterocycles. The lowest BCUT2D eigenvalue weighted by Gasteiger charge is -2.07. The molecule has 0 radical (unpaired) electrons. The molecule has 0 saturated carbocycles. The maximum atomic E-state index is 12.5. The number of fused-ring (bicyclic) bond motifs is 1. The van der Waals surface area contributed by atoms with E-state index >= 15 is 0 Å². The number of halogens is 3. The number of thiazole rings is 1. The van der Waals surface area contributed by atoms with Crippen LogP contribution in [0.15, 0.2) is 18.2 Å². The first-order valence-electron chi connectivity index (χ1n) is 5.09. The Hall–Kier alpha value is -1.14. The van der Waals surface area contributed by atoms with Crippen molar-refractivity contribution in [1.82, 2.24) is 4.98 Å². The van der Waals surface area contributed by atoms with Gasteiger partial charge < -0.3 is 5.73 Å². The minimum atomic E-state index is -4.37. The van der Waals surface area contributed by atoms with Gasteiger partial charge in [0.05, 0.1) is 10.2 Å². The average Bonchev–Trinajstić information content (AvgIpc) is 2.70. The van der Waals surface area contributed by atoms with Crippen LogP contribution in [0.3, 0.4) is 0 Å². The summed E-state index contributed by atoms with van der Waals surface area (Å²) in [7, 11) is 0. The van der Waals surface area contributed by atoms with E-state index in [-0.39, 0.29) is 5.92 Å². The van der Waals surface area contributed by atoms with Gasteiger partial charge in [0.1, 0.15) is 0 Å². The van der Waals surface area contributed by atoms with E-state index in [0.717, 1.165) is 5.56 Å². The lowest BCUT2D eigenvalue weighted by molar-refractivity contribution is -0.137. The normalized spacial score (nSPS) is 14.2. The Morgan fingerprint density at radius 1 is 1.41 bits per heavy atom. The van der Waals surface area contributed by atoms with E-state index < -0.39 is 11.2 Å². The summed E-state index contributed by atoms with van der Waals surface area (Å²) in [6.07, 6.45) is -4.37. The zero-order valence-corrected chi connectivity index (χ0v) is 9.90. The minimum absolute atomic E-state index is 0.121. The Bertz CT molecular complexity index is 533. The van der Waals surface area contributed by atoms with Gasteiger partial charge in [-0.05, 0) is 30.2 Å². The molecule has 2 rings (SSSR count). The van der Waals surface area contributed by atoms with Crippen LogP contribution in [-0.2, 0) is 6.18 Å². The quantitative estimate of drug-likeness (QED) is 0.899. The molecular weight excluding hydrogens is 249 g/mol. The van der Waals surface area contributed by atoms with Crippen LogP contribution in [0.2, 0.25) is 0 Å². The number of hydrogen-bond donors (Lipinski definition) is 1. The van der Waals surface area contributed by atoms with Gasteiger partial charge in [0.15, 0.2) is 5.01 Å². The van der Waals surface area contributed by atoms with Crippen LogP contribution in [0, 0.1) is 0 Å². The first-order chi connectivity index (χ1) is 7.91. The monoisotopic (exact) mass is 260 g/mol. The molecule has 0 saturated heterocycles. The molecule has 2 N–H and O–H groups in total. The fraction of sp³-hybridized carbons (Fsp3) is 0.364. The highest BCUT2D eigenvalue weighted by Crippen LogP contribution is 2.36. The van der Waals surface area contributed by atoms with Gasteiger partial charge in [0.25, 0.3) is 0 Å². The molecule has 1 unspecified atom stereocenters. The van der Waals surface area contributed by atoms with Gasteiger partial charge in [-0.3, -0.25) is 0 Å². The summed E-state index contributed by atoms with van der Waals surface area (Å²) < 4.78 is 38.0. The lowest BCUT2D eigenvalue weighted by atomic mass is 10.0. The van der Waals surface area contributed by atoms with Crippen molar-refractivity contribution in [2.75, 3.05) is 6.54 Å². The molecule has 2 nitrogen and oxygen atoms in total. The van der Waals surface area contributed by atoms with E-state index in [2.05, 4.69) is 4.98 Å². The van der Waals surface area contributed by atoms with E-state index in [9.17, 15) is 13.2 Å². The highest BCUT2D eigenvalue weighted by Gasteiger charge is 2.34. The number of nitrogens with zero attached hydrogens (tertiary/aromatic N) is 1. The fourth-order valence-electron chi connectivity index (χ4n) is 1.51. The van der Waals surface area contributed by atoms with Crippen molar-refractivity contribution in [3.05, 3.63) is 28.8 Å². The van der Waals surface area contributed by atoms with Crippen molar-refractivity contribution in [3.8, 4) is 0 Å². The predicted molar refractivity (Wildman–Crippen MR) is 62.1 cm³/mol. The van der Waals surface area contributed by atoms with E-state index in [1.165, 1.54) is 0 Å². The smallest absolute Gasteiger partial charge is 0.330 e. The van der Waals surface area contributed by atoms with Crippen molar-refractivity contribution >= 4 is 21.6 Å². The minimum Gasteiger partial charge on any atom is -0.330 e. The van der Waals surface area contributed by atoms with Crippen molar-refractivity contribution in [2.24, 2.45) is 5.73 Å². The molecule has 0 spiro atoms. The number of aromatic nitrogens is 1. The number of nitrogens with two attached hydrogens (primary N) is 1. The van der Waals surface area contributed by atoms with Crippen LogP contribution in [0.25, 0.3) is 10.2 Å². The molecule has 1 heterocycles. The Kier molecular flexibility index (Phi) is 3.09. The third-order valence-corrected chi connectivity index (χ3v) is 3.66. The van der Waals surface area contributed by atoms with Crippen LogP contribution in [0.4, 0.5) is 13.2 Å². The van der Waals surface area contributed by atoms with Crippen LogP contribution < -0.4 is 5.73 Å². The Morgan fingerprint density at radius 2 is 2.12 bits per heavy atom. The van der Waals surface area contributed by atoms with Crippen molar-refractivity contribution in [2.45, 2.75) is 19.0 Å². The molecule has 1 aromatic carbocycles. The third kappa shape index (κ3) is 2.42. The zero-order valence-electron chi connectivity index (χ0n) is 9.08. The summed E-state index contributed by atoms with van der Waals surface area (Å²) >= 11 is 0.665. The topological polar surface area (TPSA) is 38.9 Å². The lowest BCUT2D eigenvalue weighted by Crippen LogP contribution is -2.08. The summed E-state index contributed by atoms with van der Waals surface area (Å²) in [5, 5.41) is -0.801. The van der Waals surface area contributed by atoms with Crippen molar-refractivity contribution in [1.29, 1.82) is 0 Å². The Morgan fingerprint density at radius 3 is 2.71 bits per heavy atom. The van der Waals surface area contributed by atoms with Gasteiger partial charge in [-0.15, -0.1) is 11.3 Å². The van der Waals surface area contributed by atoms with Crippen LogP contribution in [0.5, 0.6) is 0 Å². The standard InChI is InChI=1S/C11H11F3N2S/c1-6(5-15)7-2-3-9-8(4-7)16-10(17-9)11(12,13)14/h2-4,6H,5,15H2,1H3. The van der Waals surface area contributed by atoms with E-state index in [0.29, 0.717) is 28.1 Å². The molecule has 6 heteroatoms. The summed E-state index contributed by atoms with van der Waals surface area (Å²) in [5.41, 5.74) is 6.83. The van der Waals surface area contributed by atoms with Gasteiger partial charge in [-0.1, -0.05) is 13.0 Å². The van der Waals surface area contributed by atoms with Crippen LogP contribution in [0.1, 0.15) is 23.4 Å². The third-order valence-electron chi connectivity index (χ3n) is 2.58. The largest absolute Gasteiger partial charge is 0.443 e. The molecular formula is C11H11F3N2S. The molecule has 0 aliphatic carbocycles. The van der Waals surface area contributed by atoms with Crippen molar-refractivity contribution < 1.29 is 13.2 Å².